The Labute approximate surface area is 96.3 Å². The summed E-state index contributed by atoms with van der Waals surface area (Å²) in [4.78, 5) is 0. The standard InChI is InChI=1S/C11H20.Zr/c1-6-7-8-10(4)11(5)9(2)3;/h8H,6-7H2,1-5H3;. The van der Waals surface area contributed by atoms with Crippen LogP contribution in [-0.4, -0.2) is 0 Å². The second-order valence-corrected chi connectivity index (χ2v) is 3.30. The summed E-state index contributed by atoms with van der Waals surface area (Å²) in [6, 6.07) is 0. The monoisotopic (exact) mass is 242 g/mol. The molecule has 0 aliphatic carbocycles. The van der Waals surface area contributed by atoms with Crippen molar-refractivity contribution in [1.29, 1.82) is 0 Å². The van der Waals surface area contributed by atoms with E-state index in [1.54, 1.807) is 0 Å². The van der Waals surface area contributed by atoms with Crippen molar-refractivity contribution < 1.29 is 26.2 Å². The number of allylic oxidation sites excluding steroid dienone is 4. The fourth-order valence-corrected chi connectivity index (χ4v) is 0.908. The van der Waals surface area contributed by atoms with E-state index in [0.717, 1.165) is 0 Å². The molecule has 0 aromatic heterocycles. The van der Waals surface area contributed by atoms with E-state index in [-0.39, 0.29) is 26.2 Å². The Kier molecular flexibility index (Phi) is 9.89. The molecule has 68 valence electrons. The second-order valence-electron chi connectivity index (χ2n) is 3.30. The van der Waals surface area contributed by atoms with Gasteiger partial charge in [-0.1, -0.05) is 30.6 Å². The van der Waals surface area contributed by atoms with Gasteiger partial charge in [0.1, 0.15) is 0 Å². The molecular formula is C11H20Zr. The van der Waals surface area contributed by atoms with Crippen molar-refractivity contribution in [3.63, 3.8) is 0 Å². The van der Waals surface area contributed by atoms with Crippen molar-refractivity contribution in [3.8, 4) is 0 Å². The van der Waals surface area contributed by atoms with Gasteiger partial charge in [-0.15, -0.1) is 0 Å². The van der Waals surface area contributed by atoms with Crippen LogP contribution in [0.2, 0.25) is 0 Å². The van der Waals surface area contributed by atoms with E-state index < -0.39 is 0 Å². The minimum Gasteiger partial charge on any atom is -0.0813 e. The molecule has 0 spiro atoms. The summed E-state index contributed by atoms with van der Waals surface area (Å²) in [7, 11) is 0. The molecule has 0 N–H and O–H groups in total. The molecule has 0 atom stereocenters. The van der Waals surface area contributed by atoms with Gasteiger partial charge in [-0.05, 0) is 39.7 Å². The Hall–Kier alpha value is 0.363. The Morgan fingerprint density at radius 3 is 1.92 bits per heavy atom. The molecule has 0 aromatic carbocycles. The summed E-state index contributed by atoms with van der Waals surface area (Å²) in [5.41, 5.74) is 4.31. The number of hydrogen-bond acceptors (Lipinski definition) is 0. The van der Waals surface area contributed by atoms with Crippen molar-refractivity contribution in [3.05, 3.63) is 22.8 Å². The number of hydrogen-bond donors (Lipinski definition) is 0. The summed E-state index contributed by atoms with van der Waals surface area (Å²) in [6.45, 7) is 10.9. The Bertz CT molecular complexity index is 171. The van der Waals surface area contributed by atoms with Crippen LogP contribution < -0.4 is 0 Å². The third-order valence-electron chi connectivity index (χ3n) is 2.08. The summed E-state index contributed by atoms with van der Waals surface area (Å²) in [5.74, 6) is 0. The smallest absolute Gasteiger partial charge is 0 e. The van der Waals surface area contributed by atoms with Crippen molar-refractivity contribution in [2.75, 3.05) is 0 Å². The van der Waals surface area contributed by atoms with Gasteiger partial charge in [0.05, 0.1) is 0 Å². The zero-order chi connectivity index (χ0) is 8.85. The van der Waals surface area contributed by atoms with Crippen molar-refractivity contribution in [2.45, 2.75) is 47.5 Å². The predicted molar refractivity (Wildman–Crippen MR) is 52.7 cm³/mol. The van der Waals surface area contributed by atoms with Crippen LogP contribution >= 0.6 is 0 Å². The molecule has 0 amide bonds. The predicted octanol–water partition coefficient (Wildman–Crippen LogP) is 4.09. The molecule has 0 bridgehead atoms. The summed E-state index contributed by atoms with van der Waals surface area (Å²) >= 11 is 0. The summed E-state index contributed by atoms with van der Waals surface area (Å²) < 4.78 is 0. The van der Waals surface area contributed by atoms with Crippen LogP contribution in [0.15, 0.2) is 22.8 Å². The third-order valence-corrected chi connectivity index (χ3v) is 2.08. The minimum absolute atomic E-state index is 0. The van der Waals surface area contributed by atoms with Crippen molar-refractivity contribution in [2.24, 2.45) is 0 Å². The van der Waals surface area contributed by atoms with Crippen LogP contribution in [0.1, 0.15) is 47.5 Å². The molecule has 0 aliphatic rings. The van der Waals surface area contributed by atoms with Crippen LogP contribution in [0.5, 0.6) is 0 Å². The average Bonchev–Trinajstić information content (AvgIpc) is 1.98. The number of rotatable bonds is 3. The van der Waals surface area contributed by atoms with E-state index in [0.29, 0.717) is 0 Å². The molecule has 0 unspecified atom stereocenters. The second kappa shape index (κ2) is 7.98. The average molecular weight is 244 g/mol. The van der Waals surface area contributed by atoms with Gasteiger partial charge >= 0.3 is 0 Å². The van der Waals surface area contributed by atoms with Crippen molar-refractivity contribution >= 4 is 0 Å². The molecule has 0 aliphatic heterocycles. The van der Waals surface area contributed by atoms with Crippen molar-refractivity contribution in [1.82, 2.24) is 0 Å². The molecule has 0 aromatic rings. The quantitative estimate of drug-likeness (QED) is 0.655. The van der Waals surface area contributed by atoms with Gasteiger partial charge in [-0.25, -0.2) is 0 Å². The molecule has 12 heavy (non-hydrogen) atoms. The van der Waals surface area contributed by atoms with Gasteiger partial charge in [0.25, 0.3) is 0 Å². The Morgan fingerprint density at radius 2 is 1.58 bits per heavy atom. The fourth-order valence-electron chi connectivity index (χ4n) is 0.908. The normalized spacial score (nSPS) is 10.6. The van der Waals surface area contributed by atoms with E-state index in [9.17, 15) is 0 Å². The van der Waals surface area contributed by atoms with E-state index in [1.807, 2.05) is 0 Å². The van der Waals surface area contributed by atoms with Gasteiger partial charge in [-0.2, -0.15) is 0 Å². The molecule has 0 radical (unpaired) electrons. The first-order valence-corrected chi connectivity index (χ1v) is 4.40. The number of unbranched alkanes of at least 4 members (excludes halogenated alkanes) is 1. The van der Waals surface area contributed by atoms with Crippen LogP contribution in [0, 0.1) is 0 Å². The Morgan fingerprint density at radius 1 is 1.08 bits per heavy atom. The first-order valence-electron chi connectivity index (χ1n) is 4.40. The van der Waals surface area contributed by atoms with Crippen LogP contribution in [0.3, 0.4) is 0 Å². The maximum absolute atomic E-state index is 2.32. The Balaban J connectivity index is 0. The van der Waals surface area contributed by atoms with E-state index in [1.165, 1.54) is 29.6 Å². The van der Waals surface area contributed by atoms with Gasteiger partial charge in [0, 0.05) is 26.2 Å². The molecule has 0 nitrogen and oxygen atoms in total. The molecular weight excluding hydrogens is 223 g/mol. The van der Waals surface area contributed by atoms with Gasteiger partial charge < -0.3 is 0 Å². The molecule has 1 heteroatoms. The van der Waals surface area contributed by atoms with Gasteiger partial charge in [0.2, 0.25) is 0 Å². The first-order chi connectivity index (χ1) is 5.09. The van der Waals surface area contributed by atoms with Crippen LogP contribution in [0.25, 0.3) is 0 Å². The van der Waals surface area contributed by atoms with Crippen LogP contribution in [-0.2, 0) is 26.2 Å². The topological polar surface area (TPSA) is 0 Å². The molecule has 0 saturated carbocycles. The first kappa shape index (κ1) is 14.9. The zero-order valence-electron chi connectivity index (χ0n) is 8.99. The molecule has 0 fully saturated rings. The summed E-state index contributed by atoms with van der Waals surface area (Å²) in [5, 5.41) is 0. The van der Waals surface area contributed by atoms with E-state index >= 15 is 0 Å². The minimum atomic E-state index is 0. The largest absolute Gasteiger partial charge is 0.0813 e. The SMILES string of the molecule is CCCC=C(C)C(C)=C(C)C.[Zr]. The van der Waals surface area contributed by atoms with E-state index in [4.69, 9.17) is 0 Å². The zero-order valence-corrected chi connectivity index (χ0v) is 11.4. The van der Waals surface area contributed by atoms with Gasteiger partial charge in [0.15, 0.2) is 0 Å². The molecule has 0 heterocycles. The molecule has 0 rings (SSSR count). The fraction of sp³-hybridized carbons (Fsp3) is 0.636. The van der Waals surface area contributed by atoms with Crippen LogP contribution in [0.4, 0.5) is 0 Å². The maximum atomic E-state index is 2.32. The molecule has 0 saturated heterocycles. The summed E-state index contributed by atoms with van der Waals surface area (Å²) in [6.07, 6.45) is 4.77. The maximum Gasteiger partial charge on any atom is 0 e. The van der Waals surface area contributed by atoms with Gasteiger partial charge in [-0.3, -0.25) is 0 Å². The van der Waals surface area contributed by atoms with E-state index in [2.05, 4.69) is 40.7 Å². The third kappa shape index (κ3) is 5.94.